The fourth-order valence-electron chi connectivity index (χ4n) is 2.15. The topological polar surface area (TPSA) is 55.1 Å². The molecule has 0 aliphatic heterocycles. The maximum Gasteiger partial charge on any atom is 0.224 e. The Morgan fingerprint density at radius 1 is 1.12 bits per heavy atom. The highest BCUT2D eigenvalue weighted by Crippen LogP contribution is 2.21. The van der Waals surface area contributed by atoms with E-state index in [1.54, 1.807) is 42.6 Å². The highest BCUT2D eigenvalue weighted by molar-refractivity contribution is 6.30. The minimum absolute atomic E-state index is 0.140. The number of hydrogen-bond donors (Lipinski definition) is 1. The van der Waals surface area contributed by atoms with Gasteiger partial charge in [-0.15, -0.1) is 0 Å². The monoisotopic (exact) mass is 344 g/mol. The summed E-state index contributed by atoms with van der Waals surface area (Å²) in [6.45, 7) is 0. The Morgan fingerprint density at radius 3 is 2.54 bits per heavy atom. The average molecular weight is 345 g/mol. The Hall–Kier alpha value is -2.66. The van der Waals surface area contributed by atoms with Crippen LogP contribution in [-0.4, -0.2) is 10.9 Å². The molecule has 1 aromatic heterocycles. The Bertz CT molecular complexity index is 829. The van der Waals surface area contributed by atoms with Crippen molar-refractivity contribution >= 4 is 23.2 Å². The van der Waals surface area contributed by atoms with Crippen LogP contribution in [-0.2, 0) is 11.2 Å². The van der Waals surface area contributed by atoms with E-state index in [0.29, 0.717) is 28.8 Å². The van der Waals surface area contributed by atoms with Crippen LogP contribution in [0.5, 0.6) is 0 Å². The number of amides is 1. The van der Waals surface area contributed by atoms with Gasteiger partial charge in [0.25, 0.3) is 0 Å². The number of oxazole rings is 1. The van der Waals surface area contributed by atoms with E-state index in [-0.39, 0.29) is 18.1 Å². The summed E-state index contributed by atoms with van der Waals surface area (Å²) in [6, 6.07) is 12.8. The van der Waals surface area contributed by atoms with Crippen molar-refractivity contribution in [3.63, 3.8) is 0 Å². The molecule has 122 valence electrons. The lowest BCUT2D eigenvalue weighted by Gasteiger charge is -2.04. The molecule has 6 heteroatoms. The van der Waals surface area contributed by atoms with Gasteiger partial charge in [0.15, 0.2) is 11.7 Å². The quantitative estimate of drug-likeness (QED) is 0.729. The predicted molar refractivity (Wildman–Crippen MR) is 90.3 cm³/mol. The first-order valence-corrected chi connectivity index (χ1v) is 7.74. The molecular weight excluding hydrogens is 331 g/mol. The molecule has 2 aromatic carbocycles. The normalized spacial score (nSPS) is 10.6. The number of aromatic nitrogens is 1. The van der Waals surface area contributed by atoms with Gasteiger partial charge < -0.3 is 9.73 Å². The van der Waals surface area contributed by atoms with Gasteiger partial charge in [0, 0.05) is 29.1 Å². The molecule has 0 saturated carbocycles. The van der Waals surface area contributed by atoms with Crippen molar-refractivity contribution in [3.05, 3.63) is 71.5 Å². The molecule has 1 heterocycles. The van der Waals surface area contributed by atoms with Crippen LogP contribution in [0.3, 0.4) is 0 Å². The fraction of sp³-hybridized carbons (Fsp3) is 0.111. The van der Waals surface area contributed by atoms with Crippen LogP contribution < -0.4 is 5.32 Å². The van der Waals surface area contributed by atoms with Crippen LogP contribution in [0.4, 0.5) is 10.1 Å². The zero-order chi connectivity index (χ0) is 16.9. The van der Waals surface area contributed by atoms with Gasteiger partial charge in [-0.3, -0.25) is 4.79 Å². The van der Waals surface area contributed by atoms with E-state index < -0.39 is 0 Å². The van der Waals surface area contributed by atoms with Crippen LogP contribution >= 0.6 is 11.6 Å². The lowest BCUT2D eigenvalue weighted by molar-refractivity contribution is -0.116. The number of hydrogen-bond acceptors (Lipinski definition) is 3. The van der Waals surface area contributed by atoms with E-state index in [1.165, 1.54) is 12.1 Å². The number of halogens is 2. The molecule has 24 heavy (non-hydrogen) atoms. The summed E-state index contributed by atoms with van der Waals surface area (Å²) in [6.07, 6.45) is 2.19. The van der Waals surface area contributed by atoms with Crippen molar-refractivity contribution in [2.24, 2.45) is 0 Å². The molecular formula is C18H14ClFN2O2. The third kappa shape index (κ3) is 4.20. The summed E-state index contributed by atoms with van der Waals surface area (Å²) >= 11 is 5.80. The van der Waals surface area contributed by atoms with Crippen LogP contribution in [0.25, 0.3) is 11.3 Å². The molecule has 1 amide bonds. The standard InChI is InChI=1S/C18H14ClFN2O2/c19-13-3-7-15(8-4-13)22-17(23)9-10-18-21-11-16(24-18)12-1-5-14(20)6-2-12/h1-8,11H,9-10H2,(H,22,23). The number of rotatable bonds is 5. The van der Waals surface area contributed by atoms with E-state index in [4.69, 9.17) is 16.0 Å². The number of anilines is 1. The van der Waals surface area contributed by atoms with Gasteiger partial charge in [-0.1, -0.05) is 11.6 Å². The largest absolute Gasteiger partial charge is 0.441 e. The second-order valence-electron chi connectivity index (χ2n) is 5.18. The van der Waals surface area contributed by atoms with Gasteiger partial charge in [-0.05, 0) is 48.5 Å². The highest BCUT2D eigenvalue weighted by atomic mass is 35.5. The minimum Gasteiger partial charge on any atom is -0.441 e. The summed E-state index contributed by atoms with van der Waals surface area (Å²) in [5.74, 6) is 0.555. The van der Waals surface area contributed by atoms with Crippen LogP contribution in [0.2, 0.25) is 5.02 Å². The highest BCUT2D eigenvalue weighted by Gasteiger charge is 2.09. The first-order chi connectivity index (χ1) is 11.6. The Balaban J connectivity index is 1.56. The average Bonchev–Trinajstić information content (AvgIpc) is 3.05. The first kappa shape index (κ1) is 16.2. The van der Waals surface area contributed by atoms with Crippen LogP contribution in [0, 0.1) is 5.82 Å². The number of nitrogens with one attached hydrogen (secondary N) is 1. The molecule has 1 N–H and O–H groups in total. The summed E-state index contributed by atoms with van der Waals surface area (Å²) in [7, 11) is 0. The van der Waals surface area contributed by atoms with E-state index in [1.807, 2.05) is 0 Å². The van der Waals surface area contributed by atoms with Crippen molar-refractivity contribution in [3.8, 4) is 11.3 Å². The number of nitrogens with zero attached hydrogens (tertiary/aromatic N) is 1. The van der Waals surface area contributed by atoms with Gasteiger partial charge in [0.05, 0.1) is 6.20 Å². The molecule has 0 fully saturated rings. The molecule has 3 rings (SSSR count). The summed E-state index contributed by atoms with van der Waals surface area (Å²) in [5, 5.41) is 3.39. The number of carbonyl (C=O) groups is 1. The van der Waals surface area contributed by atoms with E-state index in [0.717, 1.165) is 5.56 Å². The minimum atomic E-state index is -0.308. The molecule has 0 saturated heterocycles. The third-order valence-corrected chi connectivity index (χ3v) is 3.63. The van der Waals surface area contributed by atoms with Crippen molar-refractivity contribution in [1.29, 1.82) is 0 Å². The van der Waals surface area contributed by atoms with Crippen LogP contribution in [0.15, 0.2) is 59.1 Å². The molecule has 0 unspecified atom stereocenters. The summed E-state index contributed by atoms with van der Waals surface area (Å²) in [4.78, 5) is 16.1. The molecule has 0 bridgehead atoms. The molecule has 4 nitrogen and oxygen atoms in total. The Morgan fingerprint density at radius 2 is 1.83 bits per heavy atom. The second-order valence-corrected chi connectivity index (χ2v) is 5.62. The van der Waals surface area contributed by atoms with Crippen molar-refractivity contribution in [2.45, 2.75) is 12.8 Å². The summed E-state index contributed by atoms with van der Waals surface area (Å²) < 4.78 is 18.5. The lowest BCUT2D eigenvalue weighted by Crippen LogP contribution is -2.12. The van der Waals surface area contributed by atoms with Gasteiger partial charge in [0.1, 0.15) is 5.82 Å². The number of benzene rings is 2. The Kier molecular flexibility index (Phi) is 4.91. The number of carbonyl (C=O) groups excluding carboxylic acids is 1. The first-order valence-electron chi connectivity index (χ1n) is 7.36. The second kappa shape index (κ2) is 7.27. The zero-order valence-corrected chi connectivity index (χ0v) is 13.4. The van der Waals surface area contributed by atoms with Gasteiger partial charge in [-0.25, -0.2) is 9.37 Å². The van der Waals surface area contributed by atoms with Gasteiger partial charge in [0.2, 0.25) is 5.91 Å². The SMILES string of the molecule is O=C(CCc1ncc(-c2ccc(F)cc2)o1)Nc1ccc(Cl)cc1. The van der Waals surface area contributed by atoms with Crippen LogP contribution in [0.1, 0.15) is 12.3 Å². The smallest absolute Gasteiger partial charge is 0.224 e. The predicted octanol–water partition coefficient (Wildman–Crippen LogP) is 4.71. The van der Waals surface area contributed by atoms with Crippen molar-refractivity contribution < 1.29 is 13.6 Å². The van der Waals surface area contributed by atoms with Gasteiger partial charge >= 0.3 is 0 Å². The maximum absolute atomic E-state index is 12.9. The molecule has 0 radical (unpaired) electrons. The van der Waals surface area contributed by atoms with Crippen molar-refractivity contribution in [1.82, 2.24) is 4.98 Å². The van der Waals surface area contributed by atoms with Gasteiger partial charge in [-0.2, -0.15) is 0 Å². The molecule has 0 aliphatic carbocycles. The fourth-order valence-corrected chi connectivity index (χ4v) is 2.28. The Labute approximate surface area is 143 Å². The van der Waals surface area contributed by atoms with E-state index in [2.05, 4.69) is 10.3 Å². The summed E-state index contributed by atoms with van der Waals surface area (Å²) in [5.41, 5.74) is 1.42. The number of aryl methyl sites for hydroxylation is 1. The van der Waals surface area contributed by atoms with Crippen molar-refractivity contribution in [2.75, 3.05) is 5.32 Å². The third-order valence-electron chi connectivity index (χ3n) is 3.38. The maximum atomic E-state index is 12.9. The lowest BCUT2D eigenvalue weighted by atomic mass is 10.2. The van der Waals surface area contributed by atoms with E-state index >= 15 is 0 Å². The zero-order valence-electron chi connectivity index (χ0n) is 12.6. The molecule has 0 spiro atoms. The van der Waals surface area contributed by atoms with E-state index in [9.17, 15) is 9.18 Å². The molecule has 0 aliphatic rings. The molecule has 3 aromatic rings. The molecule has 0 atom stereocenters.